The van der Waals surface area contributed by atoms with E-state index >= 15 is 0 Å². The number of carbonyl (C=O) groups is 4. The molecule has 0 spiro atoms. The summed E-state index contributed by atoms with van der Waals surface area (Å²) in [7, 11) is 0. The van der Waals surface area contributed by atoms with Crippen LogP contribution in [-0.4, -0.2) is 50.3 Å². The first-order valence-corrected chi connectivity index (χ1v) is 11.8. The SMILES string of the molecule is CCCCCCCCOC(=O)COC(=O)C=CC(=O)OCC(=O)OCCCCCCCC. The fourth-order valence-corrected chi connectivity index (χ4v) is 2.71. The molecule has 0 unspecified atom stereocenters. The largest absolute Gasteiger partial charge is 0.463 e. The van der Waals surface area contributed by atoms with Crippen molar-refractivity contribution < 1.29 is 38.1 Å². The highest BCUT2D eigenvalue weighted by Crippen LogP contribution is 2.06. The van der Waals surface area contributed by atoms with Gasteiger partial charge in [0, 0.05) is 12.2 Å². The number of ether oxygens (including phenoxy) is 4. The fourth-order valence-electron chi connectivity index (χ4n) is 2.71. The number of hydrogen-bond acceptors (Lipinski definition) is 8. The van der Waals surface area contributed by atoms with Gasteiger partial charge in [0.1, 0.15) is 0 Å². The van der Waals surface area contributed by atoms with Crippen LogP contribution < -0.4 is 0 Å². The van der Waals surface area contributed by atoms with Crippen molar-refractivity contribution in [3.05, 3.63) is 12.2 Å². The summed E-state index contributed by atoms with van der Waals surface area (Å²) in [6.45, 7) is 3.82. The van der Waals surface area contributed by atoms with Gasteiger partial charge in [-0.1, -0.05) is 78.1 Å². The van der Waals surface area contributed by atoms with E-state index in [1.807, 2.05) is 0 Å². The van der Waals surface area contributed by atoms with Gasteiger partial charge < -0.3 is 18.9 Å². The Hall–Kier alpha value is -2.38. The predicted octanol–water partition coefficient (Wildman–Crippen LogP) is 4.44. The average Bonchev–Trinajstić information content (AvgIpc) is 2.78. The molecule has 0 saturated carbocycles. The van der Waals surface area contributed by atoms with Gasteiger partial charge >= 0.3 is 23.9 Å². The minimum atomic E-state index is -0.885. The van der Waals surface area contributed by atoms with Crippen LogP contribution in [0.15, 0.2) is 12.2 Å². The maximum absolute atomic E-state index is 11.5. The first-order chi connectivity index (χ1) is 15.5. The van der Waals surface area contributed by atoms with Crippen LogP contribution in [0.1, 0.15) is 90.9 Å². The molecule has 184 valence electrons. The highest BCUT2D eigenvalue weighted by Gasteiger charge is 2.09. The summed E-state index contributed by atoms with van der Waals surface area (Å²) >= 11 is 0. The van der Waals surface area contributed by atoms with Crippen LogP contribution in [0, 0.1) is 0 Å². The van der Waals surface area contributed by atoms with E-state index in [1.165, 1.54) is 38.5 Å². The molecule has 0 radical (unpaired) electrons. The van der Waals surface area contributed by atoms with E-state index in [-0.39, 0.29) is 0 Å². The van der Waals surface area contributed by atoms with Gasteiger partial charge in [-0.05, 0) is 12.8 Å². The second-order valence-electron chi connectivity index (χ2n) is 7.53. The first-order valence-electron chi connectivity index (χ1n) is 11.8. The summed E-state index contributed by atoms with van der Waals surface area (Å²) in [5.74, 6) is -3.06. The Morgan fingerprint density at radius 3 is 1.22 bits per heavy atom. The van der Waals surface area contributed by atoms with Gasteiger partial charge in [0.15, 0.2) is 13.2 Å². The minimum Gasteiger partial charge on any atom is -0.463 e. The number of esters is 4. The molecule has 0 aromatic heterocycles. The molecule has 8 nitrogen and oxygen atoms in total. The topological polar surface area (TPSA) is 105 Å². The van der Waals surface area contributed by atoms with Crippen LogP contribution in [0.3, 0.4) is 0 Å². The lowest BCUT2D eigenvalue weighted by molar-refractivity contribution is -0.157. The summed E-state index contributed by atoms with van der Waals surface area (Å²) in [4.78, 5) is 46.0. The van der Waals surface area contributed by atoms with E-state index in [1.54, 1.807) is 0 Å². The van der Waals surface area contributed by atoms with E-state index < -0.39 is 37.1 Å². The van der Waals surface area contributed by atoms with Gasteiger partial charge in [0.2, 0.25) is 0 Å². The summed E-state index contributed by atoms with van der Waals surface area (Å²) in [6.07, 6.45) is 14.5. The standard InChI is InChI=1S/C24H40O8/c1-3-5-7-9-11-13-17-29-23(27)19-31-21(25)15-16-22(26)32-20-24(28)30-18-14-12-10-8-6-4-2/h15-16H,3-14,17-20H2,1-2H3. The normalized spacial score (nSPS) is 10.7. The van der Waals surface area contributed by atoms with Crippen LogP contribution in [0.4, 0.5) is 0 Å². The maximum Gasteiger partial charge on any atom is 0.344 e. The summed E-state index contributed by atoms with van der Waals surface area (Å²) in [6, 6.07) is 0. The number of carbonyl (C=O) groups excluding carboxylic acids is 4. The zero-order valence-corrected chi connectivity index (χ0v) is 19.7. The molecule has 0 aliphatic heterocycles. The smallest absolute Gasteiger partial charge is 0.344 e. The van der Waals surface area contributed by atoms with Crippen molar-refractivity contribution in [3.63, 3.8) is 0 Å². The van der Waals surface area contributed by atoms with Crippen molar-refractivity contribution in [3.8, 4) is 0 Å². The van der Waals surface area contributed by atoms with E-state index in [9.17, 15) is 19.2 Å². The van der Waals surface area contributed by atoms with Crippen LogP contribution in [-0.2, 0) is 38.1 Å². The molecular weight excluding hydrogens is 416 g/mol. The molecule has 0 amide bonds. The van der Waals surface area contributed by atoms with Crippen LogP contribution >= 0.6 is 0 Å². The Bertz CT molecular complexity index is 508. The van der Waals surface area contributed by atoms with Crippen LogP contribution in [0.5, 0.6) is 0 Å². The molecule has 0 atom stereocenters. The van der Waals surface area contributed by atoms with E-state index in [0.717, 1.165) is 50.7 Å². The van der Waals surface area contributed by atoms with E-state index in [2.05, 4.69) is 13.8 Å². The van der Waals surface area contributed by atoms with Gasteiger partial charge in [0.25, 0.3) is 0 Å². The summed E-state index contributed by atoms with van der Waals surface area (Å²) in [5.41, 5.74) is 0. The Morgan fingerprint density at radius 1 is 0.500 bits per heavy atom. The molecule has 0 rings (SSSR count). The monoisotopic (exact) mass is 456 g/mol. The third-order valence-corrected chi connectivity index (χ3v) is 4.54. The van der Waals surface area contributed by atoms with Gasteiger partial charge in [-0.25, -0.2) is 19.2 Å². The minimum absolute atomic E-state index is 0.291. The molecule has 0 aromatic carbocycles. The molecule has 0 saturated heterocycles. The Balaban J connectivity index is 3.72. The molecule has 0 aliphatic carbocycles. The molecule has 0 aliphatic rings. The molecule has 0 bridgehead atoms. The first kappa shape index (κ1) is 29.6. The third kappa shape index (κ3) is 20.9. The molecule has 8 heteroatoms. The molecule has 0 heterocycles. The Morgan fingerprint density at radius 2 is 0.844 bits per heavy atom. The lowest BCUT2D eigenvalue weighted by atomic mass is 10.1. The molecular formula is C24H40O8. The molecule has 0 fully saturated rings. The molecule has 32 heavy (non-hydrogen) atoms. The number of unbranched alkanes of at least 4 members (excludes halogenated alkanes) is 10. The predicted molar refractivity (Wildman–Crippen MR) is 120 cm³/mol. The van der Waals surface area contributed by atoms with Gasteiger partial charge in [-0.15, -0.1) is 0 Å². The van der Waals surface area contributed by atoms with Crippen molar-refractivity contribution in [2.24, 2.45) is 0 Å². The van der Waals surface area contributed by atoms with Gasteiger partial charge in [-0.2, -0.15) is 0 Å². The third-order valence-electron chi connectivity index (χ3n) is 4.54. The van der Waals surface area contributed by atoms with Crippen LogP contribution in [0.25, 0.3) is 0 Å². The lowest BCUT2D eigenvalue weighted by Crippen LogP contribution is -2.17. The summed E-state index contributed by atoms with van der Waals surface area (Å²) in [5, 5.41) is 0. The zero-order valence-electron chi connectivity index (χ0n) is 19.7. The lowest BCUT2D eigenvalue weighted by Gasteiger charge is -2.05. The van der Waals surface area contributed by atoms with Crippen molar-refractivity contribution in [1.29, 1.82) is 0 Å². The highest BCUT2D eigenvalue weighted by molar-refractivity contribution is 5.93. The molecule has 0 aromatic rings. The number of rotatable bonds is 20. The van der Waals surface area contributed by atoms with Crippen molar-refractivity contribution >= 4 is 23.9 Å². The second-order valence-corrected chi connectivity index (χ2v) is 7.53. The zero-order chi connectivity index (χ0) is 23.9. The van der Waals surface area contributed by atoms with E-state index in [0.29, 0.717) is 13.2 Å². The maximum atomic E-state index is 11.5. The van der Waals surface area contributed by atoms with E-state index in [4.69, 9.17) is 18.9 Å². The molecule has 0 N–H and O–H groups in total. The van der Waals surface area contributed by atoms with Crippen molar-refractivity contribution in [2.45, 2.75) is 90.9 Å². The van der Waals surface area contributed by atoms with Gasteiger partial charge in [0.05, 0.1) is 13.2 Å². The number of hydrogen-bond donors (Lipinski definition) is 0. The average molecular weight is 457 g/mol. The summed E-state index contributed by atoms with van der Waals surface area (Å²) < 4.78 is 19.3. The highest BCUT2D eigenvalue weighted by atomic mass is 16.6. The second kappa shape index (κ2) is 21.8. The Kier molecular flexibility index (Phi) is 20.2. The van der Waals surface area contributed by atoms with Crippen molar-refractivity contribution in [1.82, 2.24) is 0 Å². The fraction of sp³-hybridized carbons (Fsp3) is 0.750. The Labute approximate surface area is 192 Å². The van der Waals surface area contributed by atoms with Crippen molar-refractivity contribution in [2.75, 3.05) is 26.4 Å². The quantitative estimate of drug-likeness (QED) is 0.115. The van der Waals surface area contributed by atoms with Gasteiger partial charge in [-0.3, -0.25) is 0 Å². The van der Waals surface area contributed by atoms with Crippen LogP contribution in [0.2, 0.25) is 0 Å².